The van der Waals surface area contributed by atoms with Gasteiger partial charge in [0, 0.05) is 10.9 Å². The summed E-state index contributed by atoms with van der Waals surface area (Å²) in [6.45, 7) is 2.10. The fourth-order valence-corrected chi connectivity index (χ4v) is 7.10. The number of carbonyl (C=O) groups is 1. The van der Waals surface area contributed by atoms with Gasteiger partial charge in [0.1, 0.15) is 0 Å². The van der Waals surface area contributed by atoms with E-state index in [-0.39, 0.29) is 11.3 Å². The third kappa shape index (κ3) is 4.31. The molecule has 6 heteroatoms. The summed E-state index contributed by atoms with van der Waals surface area (Å²) in [5.41, 5.74) is 7.23. The molecular formula is C22H32ClN3OS. The zero-order valence-corrected chi connectivity index (χ0v) is 18.1. The molecule has 0 radical (unpaired) electrons. The highest BCUT2D eigenvalue weighted by atomic mass is 35.5. The summed E-state index contributed by atoms with van der Waals surface area (Å²) >= 11 is 8.24. The van der Waals surface area contributed by atoms with Gasteiger partial charge in [-0.3, -0.25) is 4.79 Å². The second-order valence-corrected chi connectivity index (χ2v) is 10.9. The molecule has 2 aliphatic carbocycles. The maximum Gasteiger partial charge on any atom is 0.234 e. The van der Waals surface area contributed by atoms with E-state index in [4.69, 9.17) is 17.3 Å². The van der Waals surface area contributed by atoms with Crippen LogP contribution in [0.4, 0.5) is 5.69 Å². The van der Waals surface area contributed by atoms with Crippen molar-refractivity contribution in [1.29, 1.82) is 0 Å². The number of benzene rings is 1. The van der Waals surface area contributed by atoms with Crippen molar-refractivity contribution in [2.45, 2.75) is 79.9 Å². The van der Waals surface area contributed by atoms with Crippen molar-refractivity contribution in [1.82, 2.24) is 5.32 Å². The number of piperidine rings is 1. The van der Waals surface area contributed by atoms with Crippen molar-refractivity contribution in [2.75, 3.05) is 18.4 Å². The normalized spacial score (nSPS) is 27.8. The highest BCUT2D eigenvalue weighted by Crippen LogP contribution is 2.56. The number of hydrogen-bond acceptors (Lipinski definition) is 4. The first kappa shape index (κ1) is 20.4. The largest absolute Gasteiger partial charge is 0.381 e. The molecule has 4 N–H and O–H groups in total. The molecule has 154 valence electrons. The van der Waals surface area contributed by atoms with Gasteiger partial charge < -0.3 is 16.4 Å². The number of amides is 1. The highest BCUT2D eigenvalue weighted by Gasteiger charge is 2.52. The minimum atomic E-state index is -0.501. The van der Waals surface area contributed by atoms with Gasteiger partial charge in [0.2, 0.25) is 5.91 Å². The molecule has 28 heavy (non-hydrogen) atoms. The van der Waals surface area contributed by atoms with Gasteiger partial charge in [0.15, 0.2) is 0 Å². The van der Waals surface area contributed by atoms with Crippen molar-refractivity contribution < 1.29 is 4.79 Å². The number of halogens is 1. The van der Waals surface area contributed by atoms with Gasteiger partial charge in [0.05, 0.1) is 15.5 Å². The van der Waals surface area contributed by atoms with E-state index in [0.29, 0.717) is 6.04 Å². The molecule has 3 aliphatic rings. The molecule has 1 amide bonds. The van der Waals surface area contributed by atoms with E-state index in [1.165, 1.54) is 32.1 Å². The summed E-state index contributed by atoms with van der Waals surface area (Å²) in [6.07, 6.45) is 11.5. The molecule has 1 heterocycles. The van der Waals surface area contributed by atoms with Crippen LogP contribution in [0.25, 0.3) is 0 Å². The second kappa shape index (κ2) is 8.45. The molecular weight excluding hydrogens is 390 g/mol. The summed E-state index contributed by atoms with van der Waals surface area (Å²) in [4.78, 5) is 13.6. The topological polar surface area (TPSA) is 67.2 Å². The predicted molar refractivity (Wildman–Crippen MR) is 118 cm³/mol. The molecule has 1 aliphatic heterocycles. The van der Waals surface area contributed by atoms with Crippen molar-refractivity contribution >= 4 is 35.0 Å². The van der Waals surface area contributed by atoms with Crippen molar-refractivity contribution in [2.24, 2.45) is 11.1 Å². The molecule has 1 unspecified atom stereocenters. The van der Waals surface area contributed by atoms with E-state index in [1.807, 2.05) is 6.07 Å². The Hall–Kier alpha value is -0.910. The summed E-state index contributed by atoms with van der Waals surface area (Å²) in [7, 11) is 0. The maximum absolute atomic E-state index is 12.5. The van der Waals surface area contributed by atoms with E-state index in [1.54, 1.807) is 11.8 Å². The van der Waals surface area contributed by atoms with Crippen LogP contribution in [0, 0.1) is 5.41 Å². The van der Waals surface area contributed by atoms with Crippen LogP contribution in [-0.4, -0.2) is 29.8 Å². The first-order chi connectivity index (χ1) is 13.5. The lowest BCUT2D eigenvalue weighted by atomic mass is 9.77. The molecule has 1 aromatic carbocycles. The molecule has 1 aromatic rings. The fraction of sp³-hybridized carbons (Fsp3) is 0.682. The Labute approximate surface area is 177 Å². The van der Waals surface area contributed by atoms with Gasteiger partial charge in [-0.1, -0.05) is 30.9 Å². The van der Waals surface area contributed by atoms with E-state index < -0.39 is 4.75 Å². The third-order valence-electron chi connectivity index (χ3n) is 7.05. The molecule has 1 saturated heterocycles. The molecule has 0 aromatic heterocycles. The Balaban J connectivity index is 1.47. The Bertz CT molecular complexity index is 716. The number of rotatable bonds is 5. The molecule has 4 rings (SSSR count). The molecule has 4 nitrogen and oxygen atoms in total. The molecule has 2 saturated carbocycles. The number of carbonyl (C=O) groups excluding carboxylic acids is 1. The Morgan fingerprint density at radius 3 is 2.57 bits per heavy atom. The number of anilines is 1. The Kier molecular flexibility index (Phi) is 6.15. The maximum atomic E-state index is 12.5. The van der Waals surface area contributed by atoms with Crippen molar-refractivity contribution in [3.05, 3.63) is 23.2 Å². The molecule has 1 spiro atoms. The van der Waals surface area contributed by atoms with E-state index in [0.717, 1.165) is 60.8 Å². The minimum Gasteiger partial charge on any atom is -0.381 e. The summed E-state index contributed by atoms with van der Waals surface area (Å²) in [5, 5.41) is 7.79. The average molecular weight is 422 g/mol. The zero-order valence-electron chi connectivity index (χ0n) is 16.6. The third-order valence-corrected chi connectivity index (χ3v) is 8.79. The van der Waals surface area contributed by atoms with Crippen molar-refractivity contribution in [3.63, 3.8) is 0 Å². The lowest BCUT2D eigenvalue weighted by Crippen LogP contribution is -2.42. The first-order valence-corrected chi connectivity index (χ1v) is 12.0. The summed E-state index contributed by atoms with van der Waals surface area (Å²) < 4.78 is -0.501. The smallest absolute Gasteiger partial charge is 0.234 e. The van der Waals surface area contributed by atoms with Crippen molar-refractivity contribution in [3.8, 4) is 0 Å². The van der Waals surface area contributed by atoms with Crippen LogP contribution in [-0.2, 0) is 4.79 Å². The summed E-state index contributed by atoms with van der Waals surface area (Å²) in [6, 6.07) is 6.70. The lowest BCUT2D eigenvalue weighted by Gasteiger charge is -2.36. The standard InChI is InChI=1S/C22H32ClN3OS/c23-18-14-17(6-7-19(18)26-16-4-2-1-3-5-16)28-22(20(24)27)9-8-21(15-22)10-12-25-13-11-21/h6-7,14,16,25-26H,1-5,8-13,15H2,(H2,24,27). The van der Waals surface area contributed by atoms with Crippen LogP contribution in [0.2, 0.25) is 5.02 Å². The number of nitrogens with one attached hydrogen (secondary N) is 2. The van der Waals surface area contributed by atoms with Crippen LogP contribution in [0.3, 0.4) is 0 Å². The zero-order chi connectivity index (χ0) is 19.6. The Morgan fingerprint density at radius 1 is 1.14 bits per heavy atom. The molecule has 0 bridgehead atoms. The molecule has 1 atom stereocenters. The number of hydrogen-bond donors (Lipinski definition) is 3. The van der Waals surface area contributed by atoms with E-state index >= 15 is 0 Å². The number of nitrogens with two attached hydrogens (primary N) is 1. The van der Waals surface area contributed by atoms with Gasteiger partial charge in [-0.15, -0.1) is 11.8 Å². The lowest BCUT2D eigenvalue weighted by molar-refractivity contribution is -0.120. The highest BCUT2D eigenvalue weighted by molar-refractivity contribution is 8.01. The first-order valence-electron chi connectivity index (χ1n) is 10.8. The summed E-state index contributed by atoms with van der Waals surface area (Å²) in [5.74, 6) is -0.173. The van der Waals surface area contributed by atoms with Gasteiger partial charge in [-0.05, 0) is 81.6 Å². The predicted octanol–water partition coefficient (Wildman–Crippen LogP) is 4.95. The van der Waals surface area contributed by atoms with Gasteiger partial charge in [-0.2, -0.15) is 0 Å². The SMILES string of the molecule is NC(=O)C1(Sc2ccc(NC3CCCCC3)c(Cl)c2)CCC2(CCNCC2)C1. The van der Waals surface area contributed by atoms with E-state index in [9.17, 15) is 4.79 Å². The monoisotopic (exact) mass is 421 g/mol. The van der Waals surface area contributed by atoms with Gasteiger partial charge in [-0.25, -0.2) is 0 Å². The quantitative estimate of drug-likeness (QED) is 0.628. The Morgan fingerprint density at radius 2 is 1.89 bits per heavy atom. The van der Waals surface area contributed by atoms with Crippen LogP contribution in [0.5, 0.6) is 0 Å². The van der Waals surface area contributed by atoms with E-state index in [2.05, 4.69) is 22.8 Å². The van der Waals surface area contributed by atoms with Gasteiger partial charge in [0.25, 0.3) is 0 Å². The second-order valence-electron chi connectivity index (χ2n) is 9.01. The number of thioether (sulfide) groups is 1. The fourth-order valence-electron chi connectivity index (χ4n) is 5.35. The van der Waals surface area contributed by atoms with Crippen LogP contribution < -0.4 is 16.4 Å². The minimum absolute atomic E-state index is 0.173. The van der Waals surface area contributed by atoms with Gasteiger partial charge >= 0.3 is 0 Å². The van der Waals surface area contributed by atoms with Crippen LogP contribution in [0.1, 0.15) is 64.2 Å². The average Bonchev–Trinajstić information content (AvgIpc) is 3.04. The van der Waals surface area contributed by atoms with Crippen LogP contribution >= 0.6 is 23.4 Å². The number of primary amides is 1. The molecule has 3 fully saturated rings. The van der Waals surface area contributed by atoms with Crippen LogP contribution in [0.15, 0.2) is 23.1 Å².